The predicted molar refractivity (Wildman–Crippen MR) is 127 cm³/mol. The molecule has 2 atom stereocenters. The molecule has 0 aliphatic carbocycles. The molecule has 3 amide bonds. The maximum Gasteiger partial charge on any atom is 0.261 e. The summed E-state index contributed by atoms with van der Waals surface area (Å²) in [6.45, 7) is 5.46. The van der Waals surface area contributed by atoms with Crippen molar-refractivity contribution in [3.05, 3.63) is 47.5 Å². The predicted octanol–water partition coefficient (Wildman–Crippen LogP) is 2.07. The molecule has 2 fully saturated rings. The van der Waals surface area contributed by atoms with Gasteiger partial charge in [-0.25, -0.2) is 0 Å². The summed E-state index contributed by atoms with van der Waals surface area (Å²) in [7, 11) is 0. The first kappa shape index (κ1) is 23.0. The van der Waals surface area contributed by atoms with E-state index in [1.807, 2.05) is 24.3 Å². The molecule has 1 N–H and O–H groups in total. The topological polar surface area (TPSA) is 88.2 Å². The summed E-state index contributed by atoms with van der Waals surface area (Å²) in [5.41, 5.74) is 1.09. The van der Waals surface area contributed by atoms with Crippen LogP contribution in [0.25, 0.3) is 10.8 Å². The van der Waals surface area contributed by atoms with Crippen molar-refractivity contribution in [2.45, 2.75) is 25.3 Å². The molecule has 8 nitrogen and oxygen atoms in total. The largest absolute Gasteiger partial charge is 0.381 e. The molecule has 8 heteroatoms. The normalized spacial score (nSPS) is 21.8. The van der Waals surface area contributed by atoms with E-state index in [0.717, 1.165) is 43.5 Å². The second-order valence-electron chi connectivity index (χ2n) is 9.22. The van der Waals surface area contributed by atoms with E-state index in [1.165, 1.54) is 4.90 Å². The number of carbonyl (C=O) groups excluding carboxylic acids is 3. The molecule has 3 aliphatic rings. The van der Waals surface area contributed by atoms with Gasteiger partial charge in [0.25, 0.3) is 11.8 Å². The van der Waals surface area contributed by atoms with E-state index in [0.29, 0.717) is 43.2 Å². The molecule has 0 saturated carbocycles. The van der Waals surface area contributed by atoms with Gasteiger partial charge in [0.05, 0.1) is 19.8 Å². The number of amides is 3. The molecule has 2 aromatic rings. The molecule has 34 heavy (non-hydrogen) atoms. The van der Waals surface area contributed by atoms with Gasteiger partial charge in [0.2, 0.25) is 5.91 Å². The third kappa shape index (κ3) is 4.58. The Morgan fingerprint density at radius 3 is 2.35 bits per heavy atom. The van der Waals surface area contributed by atoms with Crippen LogP contribution >= 0.6 is 0 Å². The van der Waals surface area contributed by atoms with Crippen molar-refractivity contribution in [2.75, 3.05) is 52.6 Å². The van der Waals surface area contributed by atoms with Gasteiger partial charge in [-0.05, 0) is 30.4 Å². The average molecular weight is 466 g/mol. The fourth-order valence-electron chi connectivity index (χ4n) is 5.35. The van der Waals surface area contributed by atoms with Crippen molar-refractivity contribution in [1.29, 1.82) is 0 Å². The minimum Gasteiger partial charge on any atom is -0.381 e. The first-order valence-corrected chi connectivity index (χ1v) is 12.2. The van der Waals surface area contributed by atoms with Crippen molar-refractivity contribution in [2.24, 2.45) is 5.92 Å². The highest BCUT2D eigenvalue weighted by molar-refractivity contribution is 6.25. The smallest absolute Gasteiger partial charge is 0.261 e. The fraction of sp³-hybridized carbons (Fsp3) is 0.500. The zero-order valence-corrected chi connectivity index (χ0v) is 19.3. The number of morpholine rings is 1. The van der Waals surface area contributed by atoms with Gasteiger partial charge in [-0.3, -0.25) is 24.2 Å². The zero-order chi connectivity index (χ0) is 23.5. The van der Waals surface area contributed by atoms with Crippen molar-refractivity contribution >= 4 is 28.5 Å². The molecule has 5 rings (SSSR count). The van der Waals surface area contributed by atoms with Crippen LogP contribution in [-0.4, -0.2) is 86.2 Å². The van der Waals surface area contributed by atoms with E-state index in [4.69, 9.17) is 9.47 Å². The Kier molecular flexibility index (Phi) is 6.89. The van der Waals surface area contributed by atoms with Crippen LogP contribution in [0.3, 0.4) is 0 Å². The molecule has 2 saturated heterocycles. The SMILES string of the molecule is O=C(CCCN1C(=O)c2cccc3cccc(c23)C1=O)NCC(C1CCOC1)N1CCOCC1. The maximum absolute atomic E-state index is 13.0. The molecule has 0 aromatic heterocycles. The summed E-state index contributed by atoms with van der Waals surface area (Å²) in [6.07, 6.45) is 1.70. The number of imide groups is 1. The lowest BCUT2D eigenvalue weighted by molar-refractivity contribution is -0.121. The number of rotatable bonds is 8. The van der Waals surface area contributed by atoms with Crippen LogP contribution in [0.1, 0.15) is 40.0 Å². The summed E-state index contributed by atoms with van der Waals surface area (Å²) in [5, 5.41) is 4.69. The first-order chi connectivity index (χ1) is 16.6. The summed E-state index contributed by atoms with van der Waals surface area (Å²) in [6, 6.07) is 11.2. The fourth-order valence-corrected chi connectivity index (χ4v) is 5.35. The summed E-state index contributed by atoms with van der Waals surface area (Å²) in [4.78, 5) is 42.3. The molecule has 0 bridgehead atoms. The van der Waals surface area contributed by atoms with Crippen LogP contribution in [0.4, 0.5) is 0 Å². The van der Waals surface area contributed by atoms with E-state index < -0.39 is 0 Å². The highest BCUT2D eigenvalue weighted by Crippen LogP contribution is 2.30. The second-order valence-corrected chi connectivity index (χ2v) is 9.22. The molecular weight excluding hydrogens is 434 g/mol. The highest BCUT2D eigenvalue weighted by atomic mass is 16.5. The third-order valence-electron chi connectivity index (χ3n) is 7.17. The third-order valence-corrected chi connectivity index (χ3v) is 7.17. The van der Waals surface area contributed by atoms with Gasteiger partial charge < -0.3 is 14.8 Å². The average Bonchev–Trinajstić information content (AvgIpc) is 3.40. The highest BCUT2D eigenvalue weighted by Gasteiger charge is 2.33. The van der Waals surface area contributed by atoms with E-state index in [9.17, 15) is 14.4 Å². The minimum absolute atomic E-state index is 0.0587. The number of ether oxygens (including phenoxy) is 2. The molecule has 0 spiro atoms. The van der Waals surface area contributed by atoms with Crippen LogP contribution in [0.2, 0.25) is 0 Å². The van der Waals surface area contributed by atoms with Gasteiger partial charge in [0.15, 0.2) is 0 Å². The standard InChI is InChI=1S/C26H31N3O5/c30-23(27-16-22(19-9-13-34-17-19)28-11-14-33-15-12-28)8-3-10-29-25(31)20-6-1-4-18-5-2-7-21(24(18)20)26(29)32/h1-2,4-7,19,22H,3,8-17H2,(H,27,30). The second kappa shape index (κ2) is 10.2. The van der Waals surface area contributed by atoms with E-state index in [-0.39, 0.29) is 36.7 Å². The molecule has 180 valence electrons. The van der Waals surface area contributed by atoms with Gasteiger partial charge in [-0.1, -0.05) is 24.3 Å². The van der Waals surface area contributed by atoms with E-state index >= 15 is 0 Å². The number of hydrogen-bond acceptors (Lipinski definition) is 6. The van der Waals surface area contributed by atoms with Crippen molar-refractivity contribution < 1.29 is 23.9 Å². The molecule has 3 heterocycles. The molecule has 2 aromatic carbocycles. The number of hydrogen-bond donors (Lipinski definition) is 1. The molecule has 2 unspecified atom stereocenters. The monoisotopic (exact) mass is 465 g/mol. The van der Waals surface area contributed by atoms with Gasteiger partial charge in [0, 0.05) is 67.7 Å². The zero-order valence-electron chi connectivity index (χ0n) is 19.3. The Balaban J connectivity index is 1.16. The lowest BCUT2D eigenvalue weighted by atomic mass is 9.94. The van der Waals surface area contributed by atoms with Crippen LogP contribution in [0.15, 0.2) is 36.4 Å². The van der Waals surface area contributed by atoms with Crippen molar-refractivity contribution in [3.63, 3.8) is 0 Å². The van der Waals surface area contributed by atoms with Crippen molar-refractivity contribution in [3.8, 4) is 0 Å². The van der Waals surface area contributed by atoms with Crippen LogP contribution < -0.4 is 5.32 Å². The van der Waals surface area contributed by atoms with E-state index in [1.54, 1.807) is 12.1 Å². The summed E-state index contributed by atoms with van der Waals surface area (Å²) < 4.78 is 11.1. The Morgan fingerprint density at radius 2 is 1.71 bits per heavy atom. The molecular formula is C26H31N3O5. The Morgan fingerprint density at radius 1 is 1.00 bits per heavy atom. The quantitative estimate of drug-likeness (QED) is 0.601. The lowest BCUT2D eigenvalue weighted by Crippen LogP contribution is -2.52. The number of carbonyl (C=O) groups is 3. The molecule has 0 radical (unpaired) electrons. The van der Waals surface area contributed by atoms with Gasteiger partial charge in [-0.15, -0.1) is 0 Å². The van der Waals surface area contributed by atoms with E-state index in [2.05, 4.69) is 10.2 Å². The lowest BCUT2D eigenvalue weighted by Gasteiger charge is -2.37. The van der Waals surface area contributed by atoms with Crippen LogP contribution in [0, 0.1) is 5.92 Å². The Bertz CT molecular complexity index is 1020. The Labute approximate surface area is 199 Å². The number of nitrogens with one attached hydrogen (secondary N) is 1. The maximum atomic E-state index is 13.0. The molecule has 3 aliphatic heterocycles. The minimum atomic E-state index is -0.289. The number of nitrogens with zero attached hydrogens (tertiary/aromatic N) is 2. The number of benzene rings is 2. The summed E-state index contributed by atoms with van der Waals surface area (Å²) in [5.74, 6) is -0.229. The van der Waals surface area contributed by atoms with Crippen LogP contribution in [0.5, 0.6) is 0 Å². The summed E-state index contributed by atoms with van der Waals surface area (Å²) >= 11 is 0. The van der Waals surface area contributed by atoms with Crippen LogP contribution in [-0.2, 0) is 14.3 Å². The van der Waals surface area contributed by atoms with Gasteiger partial charge in [-0.2, -0.15) is 0 Å². The first-order valence-electron chi connectivity index (χ1n) is 12.2. The van der Waals surface area contributed by atoms with Crippen molar-refractivity contribution in [1.82, 2.24) is 15.1 Å². The van der Waals surface area contributed by atoms with Gasteiger partial charge in [0.1, 0.15) is 0 Å². The van der Waals surface area contributed by atoms with Gasteiger partial charge >= 0.3 is 0 Å². The Hall–Kier alpha value is -2.81.